The van der Waals surface area contributed by atoms with E-state index < -0.39 is 0 Å². The average Bonchev–Trinajstić information content (AvgIpc) is 3.07. The van der Waals surface area contributed by atoms with Gasteiger partial charge in [0.05, 0.1) is 0 Å². The maximum absolute atomic E-state index is 12.2. The van der Waals surface area contributed by atoms with Crippen LogP contribution < -0.4 is 5.32 Å². The molecule has 0 aliphatic carbocycles. The van der Waals surface area contributed by atoms with Crippen LogP contribution >= 0.6 is 11.3 Å². The summed E-state index contributed by atoms with van der Waals surface area (Å²) in [6, 6.07) is 8.10. The van der Waals surface area contributed by atoms with Crippen LogP contribution in [0.25, 0.3) is 0 Å². The first-order valence-electron chi connectivity index (χ1n) is 7.48. The van der Waals surface area contributed by atoms with Gasteiger partial charge in [0.2, 0.25) is 0 Å². The van der Waals surface area contributed by atoms with Crippen LogP contribution in [0.15, 0.2) is 42.0 Å². The second-order valence-electron chi connectivity index (χ2n) is 5.36. The molecule has 0 unspecified atom stereocenters. The largest absolute Gasteiger partial charge is 0.334 e. The number of piperazine rings is 1. The van der Waals surface area contributed by atoms with Gasteiger partial charge in [-0.15, -0.1) is 11.3 Å². The lowest BCUT2D eigenvalue weighted by molar-refractivity contribution is 0.135. The van der Waals surface area contributed by atoms with Crippen LogP contribution in [0.3, 0.4) is 0 Å². The Kier molecular flexibility index (Phi) is 5.03. The van der Waals surface area contributed by atoms with Crippen molar-refractivity contribution in [2.75, 3.05) is 26.2 Å². The van der Waals surface area contributed by atoms with Gasteiger partial charge in [0.15, 0.2) is 0 Å². The molecule has 6 heteroatoms. The predicted molar refractivity (Wildman–Crippen MR) is 87.6 cm³/mol. The number of amides is 2. The Labute approximate surface area is 134 Å². The Morgan fingerprint density at radius 3 is 2.64 bits per heavy atom. The van der Waals surface area contributed by atoms with Crippen molar-refractivity contribution in [3.63, 3.8) is 0 Å². The molecule has 1 aliphatic heterocycles. The normalized spacial score (nSPS) is 15.7. The number of carbonyl (C=O) groups excluding carboxylic acids is 1. The number of nitrogens with zero attached hydrogens (tertiary/aromatic N) is 3. The molecule has 2 aromatic heterocycles. The molecule has 0 saturated carbocycles. The van der Waals surface area contributed by atoms with Crippen molar-refractivity contribution >= 4 is 17.4 Å². The first kappa shape index (κ1) is 15.0. The smallest absolute Gasteiger partial charge is 0.317 e. The molecular formula is C16H20N4OS. The number of aromatic nitrogens is 1. The van der Waals surface area contributed by atoms with Gasteiger partial charge in [0.25, 0.3) is 0 Å². The van der Waals surface area contributed by atoms with Crippen LogP contribution in [0.4, 0.5) is 4.79 Å². The third-order valence-electron chi connectivity index (χ3n) is 3.81. The van der Waals surface area contributed by atoms with E-state index in [0.29, 0.717) is 6.54 Å². The summed E-state index contributed by atoms with van der Waals surface area (Å²) in [6.45, 7) is 4.98. The number of urea groups is 1. The fourth-order valence-corrected chi connectivity index (χ4v) is 3.27. The van der Waals surface area contributed by atoms with Crippen LogP contribution in [0.5, 0.6) is 0 Å². The van der Waals surface area contributed by atoms with E-state index in [0.717, 1.165) is 38.3 Å². The predicted octanol–water partition coefficient (Wildman–Crippen LogP) is 2.17. The molecule has 0 aromatic carbocycles. The molecule has 0 bridgehead atoms. The zero-order valence-corrected chi connectivity index (χ0v) is 13.3. The Morgan fingerprint density at radius 2 is 1.95 bits per heavy atom. The first-order chi connectivity index (χ1) is 10.8. The molecule has 0 radical (unpaired) electrons. The van der Waals surface area contributed by atoms with Crippen molar-refractivity contribution in [3.05, 3.63) is 52.5 Å². The molecule has 116 valence electrons. The van der Waals surface area contributed by atoms with E-state index in [1.807, 2.05) is 17.0 Å². The summed E-state index contributed by atoms with van der Waals surface area (Å²) in [4.78, 5) is 21.8. The van der Waals surface area contributed by atoms with Crippen LogP contribution in [-0.2, 0) is 13.1 Å². The minimum atomic E-state index is 0.0209. The lowest BCUT2D eigenvalue weighted by Crippen LogP contribution is -2.51. The number of rotatable bonds is 4. The van der Waals surface area contributed by atoms with E-state index in [1.165, 1.54) is 4.88 Å². The number of thiophene rings is 1. The van der Waals surface area contributed by atoms with Crippen molar-refractivity contribution < 1.29 is 4.79 Å². The summed E-state index contributed by atoms with van der Waals surface area (Å²) in [6.07, 6.45) is 3.48. The van der Waals surface area contributed by atoms with Gasteiger partial charge in [0, 0.05) is 56.5 Å². The highest BCUT2D eigenvalue weighted by Gasteiger charge is 2.20. The number of nitrogens with one attached hydrogen (secondary N) is 1. The number of hydrogen-bond acceptors (Lipinski definition) is 4. The molecule has 2 amide bonds. The van der Waals surface area contributed by atoms with Crippen molar-refractivity contribution in [2.45, 2.75) is 13.1 Å². The van der Waals surface area contributed by atoms with Gasteiger partial charge in [-0.25, -0.2) is 4.79 Å². The van der Waals surface area contributed by atoms with Gasteiger partial charge < -0.3 is 10.2 Å². The summed E-state index contributed by atoms with van der Waals surface area (Å²) in [5.41, 5.74) is 1.07. The Bertz CT molecular complexity index is 579. The summed E-state index contributed by atoms with van der Waals surface area (Å²) in [7, 11) is 0. The minimum absolute atomic E-state index is 0.0209. The molecule has 3 rings (SSSR count). The van der Waals surface area contributed by atoms with Gasteiger partial charge in [-0.05, 0) is 29.1 Å². The minimum Gasteiger partial charge on any atom is -0.334 e. The Balaban J connectivity index is 1.42. The SMILES string of the molecule is O=C(NCc1ccncc1)N1CCN(Cc2cccs2)CC1. The van der Waals surface area contributed by atoms with E-state index in [-0.39, 0.29) is 6.03 Å². The van der Waals surface area contributed by atoms with E-state index in [1.54, 1.807) is 23.7 Å². The lowest BCUT2D eigenvalue weighted by Gasteiger charge is -2.34. The van der Waals surface area contributed by atoms with Crippen molar-refractivity contribution in [3.8, 4) is 0 Å². The average molecular weight is 316 g/mol. The Morgan fingerprint density at radius 1 is 1.18 bits per heavy atom. The van der Waals surface area contributed by atoms with E-state index >= 15 is 0 Å². The van der Waals surface area contributed by atoms with Gasteiger partial charge in [0.1, 0.15) is 0 Å². The molecular weight excluding hydrogens is 296 g/mol. The molecule has 0 atom stereocenters. The molecule has 1 aliphatic rings. The van der Waals surface area contributed by atoms with Gasteiger partial charge >= 0.3 is 6.03 Å². The maximum Gasteiger partial charge on any atom is 0.317 e. The maximum atomic E-state index is 12.2. The molecule has 1 fully saturated rings. The van der Waals surface area contributed by atoms with E-state index in [2.05, 4.69) is 32.7 Å². The molecule has 0 spiro atoms. The monoisotopic (exact) mass is 316 g/mol. The second kappa shape index (κ2) is 7.38. The lowest BCUT2D eigenvalue weighted by atomic mass is 10.2. The molecule has 1 N–H and O–H groups in total. The third kappa shape index (κ3) is 4.05. The van der Waals surface area contributed by atoms with Crippen LogP contribution in [0, 0.1) is 0 Å². The molecule has 3 heterocycles. The summed E-state index contributed by atoms with van der Waals surface area (Å²) in [5.74, 6) is 0. The van der Waals surface area contributed by atoms with E-state index in [9.17, 15) is 4.79 Å². The standard InChI is InChI=1S/C16H20N4OS/c21-16(18-12-14-3-5-17-6-4-14)20-9-7-19(8-10-20)13-15-2-1-11-22-15/h1-6,11H,7-10,12-13H2,(H,18,21). The second-order valence-corrected chi connectivity index (χ2v) is 6.39. The number of pyridine rings is 1. The van der Waals surface area contributed by atoms with Crippen molar-refractivity contribution in [1.82, 2.24) is 20.1 Å². The molecule has 1 saturated heterocycles. The van der Waals surface area contributed by atoms with Gasteiger partial charge in [-0.1, -0.05) is 6.07 Å². The first-order valence-corrected chi connectivity index (χ1v) is 8.35. The fraction of sp³-hybridized carbons (Fsp3) is 0.375. The van der Waals surface area contributed by atoms with Gasteiger partial charge in [-0.2, -0.15) is 0 Å². The highest BCUT2D eigenvalue weighted by atomic mass is 32.1. The molecule has 2 aromatic rings. The number of hydrogen-bond donors (Lipinski definition) is 1. The Hall–Kier alpha value is -1.92. The van der Waals surface area contributed by atoms with Crippen LogP contribution in [0.2, 0.25) is 0 Å². The zero-order valence-electron chi connectivity index (χ0n) is 12.4. The fourth-order valence-electron chi connectivity index (χ4n) is 2.52. The molecule has 5 nitrogen and oxygen atoms in total. The summed E-state index contributed by atoms with van der Waals surface area (Å²) >= 11 is 1.79. The summed E-state index contributed by atoms with van der Waals surface area (Å²) in [5, 5.41) is 5.08. The highest BCUT2D eigenvalue weighted by molar-refractivity contribution is 7.09. The van der Waals surface area contributed by atoms with Crippen LogP contribution in [-0.4, -0.2) is 47.0 Å². The highest BCUT2D eigenvalue weighted by Crippen LogP contribution is 2.13. The third-order valence-corrected chi connectivity index (χ3v) is 4.67. The van der Waals surface area contributed by atoms with Crippen LogP contribution in [0.1, 0.15) is 10.4 Å². The summed E-state index contributed by atoms with van der Waals surface area (Å²) < 4.78 is 0. The van der Waals surface area contributed by atoms with E-state index in [4.69, 9.17) is 0 Å². The van der Waals surface area contributed by atoms with Crippen molar-refractivity contribution in [2.24, 2.45) is 0 Å². The van der Waals surface area contributed by atoms with Gasteiger partial charge in [-0.3, -0.25) is 9.88 Å². The van der Waals surface area contributed by atoms with Crippen molar-refractivity contribution in [1.29, 1.82) is 0 Å². The quantitative estimate of drug-likeness (QED) is 0.940. The zero-order chi connectivity index (χ0) is 15.2. The topological polar surface area (TPSA) is 48.5 Å². The molecule has 22 heavy (non-hydrogen) atoms. The number of carbonyl (C=O) groups is 1.